The maximum absolute atomic E-state index is 12.0. The third kappa shape index (κ3) is 2.45. The van der Waals surface area contributed by atoms with Crippen molar-refractivity contribution in [3.05, 3.63) is 35.2 Å². The molecule has 5 nitrogen and oxygen atoms in total. The van der Waals surface area contributed by atoms with Crippen molar-refractivity contribution in [2.24, 2.45) is 0 Å². The zero-order valence-corrected chi connectivity index (χ0v) is 11.1. The fourth-order valence-electron chi connectivity index (χ4n) is 2.49. The zero-order chi connectivity index (χ0) is 13.2. The molecule has 5 heteroatoms. The highest BCUT2D eigenvalue weighted by atomic mass is 16.5. The van der Waals surface area contributed by atoms with Crippen LogP contribution in [0.3, 0.4) is 0 Å². The first kappa shape index (κ1) is 12.1. The maximum Gasteiger partial charge on any atom is 0.246 e. The van der Waals surface area contributed by atoms with Crippen molar-refractivity contribution in [3.63, 3.8) is 0 Å². The average Bonchev–Trinajstić information content (AvgIpc) is 2.98. The first-order valence-corrected chi connectivity index (χ1v) is 6.79. The number of fused-ring (bicyclic) bond motifs is 1. The minimum Gasteiger partial charge on any atom is -0.344 e. The van der Waals surface area contributed by atoms with Crippen LogP contribution in [0, 0.1) is 0 Å². The lowest BCUT2D eigenvalue weighted by Crippen LogP contribution is -1.99. The summed E-state index contributed by atoms with van der Waals surface area (Å²) in [5, 5.41) is 3.88. The molecule has 19 heavy (non-hydrogen) atoms. The van der Waals surface area contributed by atoms with Gasteiger partial charge in [0.15, 0.2) is 11.6 Å². The number of rotatable bonds is 3. The highest BCUT2D eigenvalue weighted by Gasteiger charge is 2.18. The molecule has 1 aliphatic rings. The van der Waals surface area contributed by atoms with Gasteiger partial charge in [0, 0.05) is 30.8 Å². The van der Waals surface area contributed by atoms with Crippen LogP contribution < -0.4 is 0 Å². The quantitative estimate of drug-likeness (QED) is 0.794. The molecule has 0 bridgehead atoms. The molecule has 0 fully saturated rings. The Morgan fingerprint density at radius 1 is 1.32 bits per heavy atom. The van der Waals surface area contributed by atoms with Gasteiger partial charge in [-0.3, -0.25) is 4.79 Å². The smallest absolute Gasteiger partial charge is 0.246 e. The SMILES string of the molecule is CCc1noc(Cn2cc3c(c2)C(=O)CCCC3)n1. The Hall–Kier alpha value is -1.91. The first-order valence-electron chi connectivity index (χ1n) is 6.79. The van der Waals surface area contributed by atoms with E-state index in [9.17, 15) is 4.79 Å². The van der Waals surface area contributed by atoms with Crippen LogP contribution in [0.5, 0.6) is 0 Å². The number of hydrogen-bond acceptors (Lipinski definition) is 4. The molecule has 0 saturated carbocycles. The van der Waals surface area contributed by atoms with E-state index < -0.39 is 0 Å². The molecule has 2 heterocycles. The third-order valence-electron chi connectivity index (χ3n) is 3.51. The maximum atomic E-state index is 12.0. The van der Waals surface area contributed by atoms with Crippen molar-refractivity contribution in [2.75, 3.05) is 0 Å². The Bertz CT molecular complexity index is 598. The van der Waals surface area contributed by atoms with E-state index >= 15 is 0 Å². The second-order valence-electron chi connectivity index (χ2n) is 4.96. The van der Waals surface area contributed by atoms with Crippen LogP contribution in [0.4, 0.5) is 0 Å². The molecule has 0 amide bonds. The number of carbonyl (C=O) groups is 1. The summed E-state index contributed by atoms with van der Waals surface area (Å²) in [6.07, 6.45) is 8.45. The fraction of sp³-hybridized carbons (Fsp3) is 0.500. The molecular weight excluding hydrogens is 242 g/mol. The zero-order valence-electron chi connectivity index (χ0n) is 11.1. The number of hydrogen-bond donors (Lipinski definition) is 0. The lowest BCUT2D eigenvalue weighted by molar-refractivity contribution is 0.0982. The predicted molar refractivity (Wildman–Crippen MR) is 69.1 cm³/mol. The molecular formula is C14H17N3O2. The Kier molecular flexibility index (Phi) is 3.19. The van der Waals surface area contributed by atoms with Gasteiger partial charge in [0.1, 0.15) is 6.54 Å². The highest BCUT2D eigenvalue weighted by molar-refractivity contribution is 5.97. The van der Waals surface area contributed by atoms with E-state index in [-0.39, 0.29) is 5.78 Å². The van der Waals surface area contributed by atoms with E-state index in [1.165, 1.54) is 0 Å². The average molecular weight is 259 g/mol. The monoisotopic (exact) mass is 259 g/mol. The summed E-state index contributed by atoms with van der Waals surface area (Å²) < 4.78 is 7.15. The van der Waals surface area contributed by atoms with E-state index in [1.54, 1.807) is 0 Å². The Morgan fingerprint density at radius 2 is 2.16 bits per heavy atom. The van der Waals surface area contributed by atoms with Crippen molar-refractivity contribution in [3.8, 4) is 0 Å². The van der Waals surface area contributed by atoms with Gasteiger partial charge in [-0.2, -0.15) is 4.98 Å². The summed E-state index contributed by atoms with van der Waals surface area (Å²) in [4.78, 5) is 16.2. The Morgan fingerprint density at radius 3 is 2.95 bits per heavy atom. The summed E-state index contributed by atoms with van der Waals surface area (Å²) in [7, 11) is 0. The summed E-state index contributed by atoms with van der Waals surface area (Å²) in [5.41, 5.74) is 2.02. The van der Waals surface area contributed by atoms with Crippen LogP contribution in [0.1, 0.15) is 53.8 Å². The van der Waals surface area contributed by atoms with Gasteiger partial charge in [-0.1, -0.05) is 12.1 Å². The van der Waals surface area contributed by atoms with Crippen molar-refractivity contribution in [1.29, 1.82) is 0 Å². The number of aryl methyl sites for hydroxylation is 2. The topological polar surface area (TPSA) is 60.9 Å². The van der Waals surface area contributed by atoms with E-state index in [2.05, 4.69) is 10.1 Å². The standard InChI is InChI=1S/C14H17N3O2/c1-2-13-15-14(19-16-13)9-17-7-10-5-3-4-6-12(18)11(10)8-17/h7-8H,2-6,9H2,1H3. The minimum absolute atomic E-state index is 0.256. The third-order valence-corrected chi connectivity index (χ3v) is 3.51. The number of nitrogens with zero attached hydrogens (tertiary/aromatic N) is 3. The van der Waals surface area contributed by atoms with Crippen LogP contribution in [0.25, 0.3) is 0 Å². The predicted octanol–water partition coefficient (Wildman–Crippen LogP) is 2.39. The van der Waals surface area contributed by atoms with Crippen molar-refractivity contribution >= 4 is 5.78 Å². The largest absolute Gasteiger partial charge is 0.344 e. The van der Waals surface area contributed by atoms with Gasteiger partial charge in [0.2, 0.25) is 5.89 Å². The van der Waals surface area contributed by atoms with Crippen LogP contribution in [0.15, 0.2) is 16.9 Å². The highest BCUT2D eigenvalue weighted by Crippen LogP contribution is 2.22. The Balaban J connectivity index is 1.82. The molecule has 3 rings (SSSR count). The molecule has 0 N–H and O–H groups in total. The van der Waals surface area contributed by atoms with Gasteiger partial charge >= 0.3 is 0 Å². The van der Waals surface area contributed by atoms with E-state index in [0.29, 0.717) is 18.9 Å². The van der Waals surface area contributed by atoms with Gasteiger partial charge in [-0.15, -0.1) is 0 Å². The van der Waals surface area contributed by atoms with Crippen LogP contribution in [0.2, 0.25) is 0 Å². The Labute approximate surface area is 111 Å². The molecule has 2 aromatic heterocycles. The number of Topliss-reactive ketones (excluding diaryl/α,β-unsaturated/α-hetero) is 1. The van der Waals surface area contributed by atoms with Crippen molar-refractivity contribution in [1.82, 2.24) is 14.7 Å². The van der Waals surface area contributed by atoms with Crippen LogP contribution in [-0.4, -0.2) is 20.5 Å². The van der Waals surface area contributed by atoms with Gasteiger partial charge < -0.3 is 9.09 Å². The lowest BCUT2D eigenvalue weighted by Gasteiger charge is -1.97. The first-order chi connectivity index (χ1) is 9.26. The van der Waals surface area contributed by atoms with E-state index in [4.69, 9.17) is 4.52 Å². The lowest BCUT2D eigenvalue weighted by atomic mass is 10.1. The van der Waals surface area contributed by atoms with Gasteiger partial charge in [-0.25, -0.2) is 0 Å². The molecule has 0 spiro atoms. The molecule has 0 unspecified atom stereocenters. The van der Waals surface area contributed by atoms with Gasteiger partial charge in [-0.05, 0) is 24.8 Å². The van der Waals surface area contributed by atoms with Crippen LogP contribution in [-0.2, 0) is 19.4 Å². The number of carbonyl (C=O) groups excluding carboxylic acids is 1. The van der Waals surface area contributed by atoms with Gasteiger partial charge in [0.25, 0.3) is 0 Å². The molecule has 1 aliphatic carbocycles. The molecule has 0 atom stereocenters. The van der Waals surface area contributed by atoms with Crippen LogP contribution >= 0.6 is 0 Å². The van der Waals surface area contributed by atoms with Crippen molar-refractivity contribution in [2.45, 2.75) is 45.6 Å². The second-order valence-corrected chi connectivity index (χ2v) is 4.96. The molecule has 100 valence electrons. The molecule has 0 saturated heterocycles. The molecule has 0 aromatic carbocycles. The molecule has 0 aliphatic heterocycles. The van der Waals surface area contributed by atoms with Gasteiger partial charge in [0.05, 0.1) is 0 Å². The summed E-state index contributed by atoms with van der Waals surface area (Å²) in [6, 6.07) is 0. The summed E-state index contributed by atoms with van der Waals surface area (Å²) in [6.45, 7) is 2.53. The summed E-state index contributed by atoms with van der Waals surface area (Å²) in [5.74, 6) is 1.57. The number of ketones is 1. The fourth-order valence-corrected chi connectivity index (χ4v) is 2.49. The van der Waals surface area contributed by atoms with E-state index in [0.717, 1.165) is 42.6 Å². The number of aromatic nitrogens is 3. The summed E-state index contributed by atoms with van der Waals surface area (Å²) >= 11 is 0. The molecule has 0 radical (unpaired) electrons. The normalized spacial score (nSPS) is 15.3. The van der Waals surface area contributed by atoms with E-state index in [1.807, 2.05) is 23.9 Å². The van der Waals surface area contributed by atoms with Crippen molar-refractivity contribution < 1.29 is 9.32 Å². The molecule has 2 aromatic rings. The second kappa shape index (κ2) is 4.99. The minimum atomic E-state index is 0.256.